The fourth-order valence-electron chi connectivity index (χ4n) is 1.79. The third-order valence-corrected chi connectivity index (χ3v) is 2.73. The molecule has 98 valence electrons. The first kappa shape index (κ1) is 14.5. The van der Waals surface area contributed by atoms with Crippen LogP contribution in [-0.2, 0) is 9.53 Å². The average Bonchev–Trinajstić information content (AvgIpc) is 2.38. The van der Waals surface area contributed by atoms with Crippen LogP contribution in [0.3, 0.4) is 0 Å². The van der Waals surface area contributed by atoms with Gasteiger partial charge in [0.25, 0.3) is 0 Å². The van der Waals surface area contributed by atoms with E-state index in [9.17, 15) is 9.90 Å². The molecule has 2 atom stereocenters. The van der Waals surface area contributed by atoms with Gasteiger partial charge in [-0.05, 0) is 24.8 Å². The molecule has 2 unspecified atom stereocenters. The molecular weight excluding hydrogens is 228 g/mol. The first-order valence-corrected chi connectivity index (χ1v) is 6.16. The number of hydrogen-bond acceptors (Lipinski definition) is 3. The van der Waals surface area contributed by atoms with E-state index in [-0.39, 0.29) is 12.1 Å². The van der Waals surface area contributed by atoms with Gasteiger partial charge in [-0.3, -0.25) is 4.79 Å². The molecule has 1 N–H and O–H groups in total. The zero-order valence-electron chi connectivity index (χ0n) is 10.7. The summed E-state index contributed by atoms with van der Waals surface area (Å²) in [5.74, 6) is -0.302. The maximum Gasteiger partial charge on any atom is 0.303 e. The fraction of sp³-hybridized carbons (Fsp3) is 0.400. The minimum atomic E-state index is -0.464. The summed E-state index contributed by atoms with van der Waals surface area (Å²) in [6.45, 7) is 5.01. The van der Waals surface area contributed by atoms with Crippen molar-refractivity contribution in [3.8, 4) is 0 Å². The predicted octanol–water partition coefficient (Wildman–Crippen LogP) is 3.01. The van der Waals surface area contributed by atoms with Gasteiger partial charge in [-0.1, -0.05) is 43.0 Å². The number of rotatable bonds is 7. The largest absolute Gasteiger partial charge is 0.458 e. The Balaban J connectivity index is 2.32. The number of aliphatic hydroxyl groups is 1. The van der Waals surface area contributed by atoms with Crippen LogP contribution in [-0.4, -0.2) is 17.2 Å². The molecule has 0 saturated carbocycles. The number of carbonyl (C=O) groups is 1. The molecular formula is C15H20O3. The molecule has 0 heterocycles. The highest BCUT2D eigenvalue weighted by Crippen LogP contribution is 2.19. The number of benzene rings is 1. The summed E-state index contributed by atoms with van der Waals surface area (Å²) in [5, 5.41) is 9.95. The second-order valence-corrected chi connectivity index (χ2v) is 4.24. The molecule has 0 radical (unpaired) electrons. The van der Waals surface area contributed by atoms with Crippen LogP contribution in [0.4, 0.5) is 0 Å². The standard InChI is InChI=1S/C15H20O3/c1-3-14(18-12(2)16)10-7-11-15(17)13-8-5-4-6-9-13/h3-6,8-9,14-15,17H,1,7,10-11H2,2H3. The third kappa shape index (κ3) is 5.15. The molecule has 0 aliphatic rings. The fourth-order valence-corrected chi connectivity index (χ4v) is 1.79. The number of aliphatic hydroxyl groups excluding tert-OH is 1. The highest BCUT2D eigenvalue weighted by atomic mass is 16.5. The lowest BCUT2D eigenvalue weighted by Gasteiger charge is -2.14. The maximum absolute atomic E-state index is 10.8. The van der Waals surface area contributed by atoms with E-state index < -0.39 is 6.10 Å². The van der Waals surface area contributed by atoms with Crippen molar-refractivity contribution < 1.29 is 14.6 Å². The molecule has 0 aliphatic carbocycles. The van der Waals surface area contributed by atoms with Crippen LogP contribution in [0.1, 0.15) is 37.9 Å². The van der Waals surface area contributed by atoms with E-state index in [1.165, 1.54) is 6.92 Å². The van der Waals surface area contributed by atoms with Gasteiger partial charge in [0.2, 0.25) is 0 Å². The molecule has 0 saturated heterocycles. The van der Waals surface area contributed by atoms with Gasteiger partial charge in [0.05, 0.1) is 6.10 Å². The molecule has 1 aromatic carbocycles. The lowest BCUT2D eigenvalue weighted by atomic mass is 10.0. The van der Waals surface area contributed by atoms with E-state index in [0.717, 1.165) is 12.0 Å². The molecule has 1 rings (SSSR count). The Morgan fingerprint density at radius 1 is 1.39 bits per heavy atom. The topological polar surface area (TPSA) is 46.5 Å². The van der Waals surface area contributed by atoms with Gasteiger partial charge in [0, 0.05) is 6.92 Å². The zero-order chi connectivity index (χ0) is 13.4. The van der Waals surface area contributed by atoms with E-state index in [1.807, 2.05) is 30.3 Å². The van der Waals surface area contributed by atoms with Crippen LogP contribution in [0.2, 0.25) is 0 Å². The Kier molecular flexibility index (Phi) is 6.15. The lowest BCUT2D eigenvalue weighted by Crippen LogP contribution is -2.13. The Labute approximate surface area is 108 Å². The quantitative estimate of drug-likeness (QED) is 0.596. The van der Waals surface area contributed by atoms with E-state index in [2.05, 4.69) is 6.58 Å². The second-order valence-electron chi connectivity index (χ2n) is 4.24. The van der Waals surface area contributed by atoms with Crippen molar-refractivity contribution in [3.63, 3.8) is 0 Å². The zero-order valence-corrected chi connectivity index (χ0v) is 10.7. The van der Waals surface area contributed by atoms with Crippen LogP contribution in [0.15, 0.2) is 43.0 Å². The molecule has 0 fully saturated rings. The normalized spacial score (nSPS) is 13.7. The van der Waals surface area contributed by atoms with Crippen LogP contribution >= 0.6 is 0 Å². The number of ether oxygens (including phenoxy) is 1. The second kappa shape index (κ2) is 7.67. The maximum atomic E-state index is 10.8. The molecule has 3 heteroatoms. The van der Waals surface area contributed by atoms with Crippen molar-refractivity contribution in [2.45, 2.75) is 38.4 Å². The van der Waals surface area contributed by atoms with Crippen molar-refractivity contribution in [3.05, 3.63) is 48.6 Å². The molecule has 0 aromatic heterocycles. The highest BCUT2D eigenvalue weighted by Gasteiger charge is 2.10. The highest BCUT2D eigenvalue weighted by molar-refractivity contribution is 5.66. The minimum absolute atomic E-state index is 0.259. The Morgan fingerprint density at radius 3 is 2.61 bits per heavy atom. The van der Waals surface area contributed by atoms with E-state index in [1.54, 1.807) is 6.08 Å². The van der Waals surface area contributed by atoms with Crippen LogP contribution in [0.5, 0.6) is 0 Å². The Morgan fingerprint density at radius 2 is 2.06 bits per heavy atom. The molecule has 0 aliphatic heterocycles. The van der Waals surface area contributed by atoms with Gasteiger partial charge in [-0.2, -0.15) is 0 Å². The molecule has 1 aromatic rings. The average molecular weight is 248 g/mol. The summed E-state index contributed by atoms with van der Waals surface area (Å²) in [6.07, 6.45) is 3.01. The summed E-state index contributed by atoms with van der Waals surface area (Å²) < 4.78 is 5.05. The molecule has 18 heavy (non-hydrogen) atoms. The van der Waals surface area contributed by atoms with Crippen molar-refractivity contribution >= 4 is 5.97 Å². The van der Waals surface area contributed by atoms with Crippen LogP contribution in [0.25, 0.3) is 0 Å². The molecule has 0 spiro atoms. The van der Waals surface area contributed by atoms with Gasteiger partial charge < -0.3 is 9.84 Å². The summed E-state index contributed by atoms with van der Waals surface area (Å²) in [5.41, 5.74) is 0.917. The Hall–Kier alpha value is -1.61. The smallest absolute Gasteiger partial charge is 0.303 e. The summed E-state index contributed by atoms with van der Waals surface area (Å²) in [7, 11) is 0. The van der Waals surface area contributed by atoms with Crippen molar-refractivity contribution in [2.75, 3.05) is 0 Å². The SMILES string of the molecule is C=CC(CCCC(O)c1ccccc1)OC(C)=O. The monoisotopic (exact) mass is 248 g/mol. The van der Waals surface area contributed by atoms with Gasteiger partial charge in [0.1, 0.15) is 6.10 Å². The van der Waals surface area contributed by atoms with Gasteiger partial charge in [-0.25, -0.2) is 0 Å². The van der Waals surface area contributed by atoms with Gasteiger partial charge in [0.15, 0.2) is 0 Å². The van der Waals surface area contributed by atoms with E-state index in [0.29, 0.717) is 12.8 Å². The van der Waals surface area contributed by atoms with Crippen LogP contribution < -0.4 is 0 Å². The molecule has 0 amide bonds. The Bertz CT molecular complexity index is 373. The first-order valence-electron chi connectivity index (χ1n) is 6.16. The van der Waals surface area contributed by atoms with Gasteiger partial charge >= 0.3 is 5.97 Å². The lowest BCUT2D eigenvalue weighted by molar-refractivity contribution is -0.144. The predicted molar refractivity (Wildman–Crippen MR) is 71.0 cm³/mol. The number of carbonyl (C=O) groups excluding carboxylic acids is 1. The van der Waals surface area contributed by atoms with Crippen molar-refractivity contribution in [2.24, 2.45) is 0 Å². The summed E-state index contributed by atoms with van der Waals surface area (Å²) in [4.78, 5) is 10.8. The first-order chi connectivity index (χ1) is 8.63. The molecule has 3 nitrogen and oxygen atoms in total. The van der Waals surface area contributed by atoms with Crippen LogP contribution in [0, 0.1) is 0 Å². The van der Waals surface area contributed by atoms with Gasteiger partial charge in [-0.15, -0.1) is 0 Å². The summed E-state index contributed by atoms with van der Waals surface area (Å²) >= 11 is 0. The third-order valence-electron chi connectivity index (χ3n) is 2.73. The number of hydrogen-bond donors (Lipinski definition) is 1. The van der Waals surface area contributed by atoms with Crippen molar-refractivity contribution in [1.29, 1.82) is 0 Å². The molecule has 0 bridgehead atoms. The number of esters is 1. The van der Waals surface area contributed by atoms with Crippen molar-refractivity contribution in [1.82, 2.24) is 0 Å². The van der Waals surface area contributed by atoms with E-state index in [4.69, 9.17) is 4.74 Å². The summed E-state index contributed by atoms with van der Waals surface area (Å²) in [6, 6.07) is 9.54. The van der Waals surface area contributed by atoms with E-state index >= 15 is 0 Å². The minimum Gasteiger partial charge on any atom is -0.458 e.